The Kier molecular flexibility index (Phi) is 6.62. The summed E-state index contributed by atoms with van der Waals surface area (Å²) in [6.45, 7) is 2.74. The Hall–Kier alpha value is -5.38. The third-order valence-corrected chi connectivity index (χ3v) is 9.42. The predicted octanol–water partition coefficient (Wildman–Crippen LogP) is 5.72. The number of hydrogen-bond donors (Lipinski definition) is 2. The van der Waals surface area contributed by atoms with Crippen LogP contribution in [0, 0.1) is 5.41 Å². The Morgan fingerprint density at radius 3 is 1.38 bits per heavy atom. The Morgan fingerprint density at radius 1 is 0.533 bits per heavy atom. The van der Waals surface area contributed by atoms with E-state index in [1.54, 1.807) is 12.1 Å². The Labute approximate surface area is 259 Å². The maximum Gasteiger partial charge on any atom is 0.272 e. The van der Waals surface area contributed by atoms with E-state index < -0.39 is 0 Å². The summed E-state index contributed by atoms with van der Waals surface area (Å²) >= 11 is 0. The second kappa shape index (κ2) is 11.0. The molecule has 45 heavy (non-hydrogen) atoms. The normalized spacial score (nSPS) is 16.4. The Morgan fingerprint density at radius 2 is 0.956 bits per heavy atom. The number of hydrogen-bond acceptors (Lipinski definition) is 6. The van der Waals surface area contributed by atoms with Gasteiger partial charge in [-0.1, -0.05) is 36.4 Å². The van der Waals surface area contributed by atoms with Gasteiger partial charge in [-0.25, -0.2) is 19.9 Å². The molecule has 2 saturated heterocycles. The molecule has 8 rings (SSSR count). The summed E-state index contributed by atoms with van der Waals surface area (Å²) in [6, 6.07) is 26.7. The van der Waals surface area contributed by atoms with Gasteiger partial charge < -0.3 is 19.8 Å². The van der Waals surface area contributed by atoms with E-state index in [2.05, 4.69) is 29.9 Å². The van der Waals surface area contributed by atoms with E-state index >= 15 is 0 Å². The first-order chi connectivity index (χ1) is 22.0. The molecule has 2 aliphatic rings. The van der Waals surface area contributed by atoms with Gasteiger partial charge in [0.25, 0.3) is 11.8 Å². The van der Waals surface area contributed by atoms with Crippen LogP contribution < -0.4 is 0 Å². The van der Waals surface area contributed by atoms with Gasteiger partial charge in [-0.15, -0.1) is 0 Å². The highest BCUT2D eigenvalue weighted by molar-refractivity contribution is 5.94. The molecule has 2 fully saturated rings. The zero-order chi connectivity index (χ0) is 30.4. The number of nitrogens with zero attached hydrogens (tertiary/aromatic N) is 6. The standard InChI is InChI=1S/C35H32N8O2/c44-33(29-13-5-11-27(36-29)31-38-23-7-1-2-8-24(23)39-31)42-19-15-35(16-20-42)17-21-43(22-18-35)34(45)30-14-6-12-28(37-30)32-40-25-9-3-4-10-26(25)41-32/h1-14H,15-22H2,(H,38,39)(H,40,41). The van der Waals surface area contributed by atoms with Crippen molar-refractivity contribution in [1.29, 1.82) is 0 Å². The van der Waals surface area contributed by atoms with E-state index in [0.29, 0.717) is 60.6 Å². The van der Waals surface area contributed by atoms with Gasteiger partial charge in [0.1, 0.15) is 22.8 Å². The Balaban J connectivity index is 0.894. The first-order valence-electron chi connectivity index (χ1n) is 15.5. The number of rotatable bonds is 4. The number of H-pyrrole nitrogens is 2. The maximum atomic E-state index is 13.5. The molecule has 1 spiro atoms. The number of imidazole rings is 2. The summed E-state index contributed by atoms with van der Waals surface area (Å²) in [4.78, 5) is 56.0. The molecule has 2 N–H and O–H groups in total. The molecule has 6 heterocycles. The molecule has 2 aliphatic heterocycles. The third kappa shape index (κ3) is 5.12. The molecule has 10 heteroatoms. The van der Waals surface area contributed by atoms with Crippen LogP contribution in [-0.2, 0) is 0 Å². The molecule has 10 nitrogen and oxygen atoms in total. The molecule has 0 saturated carbocycles. The number of para-hydroxylation sites is 4. The van der Waals surface area contributed by atoms with Crippen molar-refractivity contribution >= 4 is 33.9 Å². The Bertz CT molecular complexity index is 1830. The highest BCUT2D eigenvalue weighted by Crippen LogP contribution is 2.41. The van der Waals surface area contributed by atoms with Crippen LogP contribution in [0.15, 0.2) is 84.9 Å². The zero-order valence-electron chi connectivity index (χ0n) is 24.7. The molecular weight excluding hydrogens is 564 g/mol. The van der Waals surface area contributed by atoms with Crippen molar-refractivity contribution in [3.63, 3.8) is 0 Å². The number of aromatic amines is 2. The second-order valence-corrected chi connectivity index (χ2v) is 12.1. The summed E-state index contributed by atoms with van der Waals surface area (Å²) in [7, 11) is 0. The lowest BCUT2D eigenvalue weighted by atomic mass is 9.71. The van der Waals surface area contributed by atoms with Crippen molar-refractivity contribution in [3.8, 4) is 23.0 Å². The van der Waals surface area contributed by atoms with Crippen LogP contribution in [-0.4, -0.2) is 77.7 Å². The maximum absolute atomic E-state index is 13.5. The molecule has 0 unspecified atom stereocenters. The third-order valence-electron chi connectivity index (χ3n) is 9.42. The minimum atomic E-state index is -0.0502. The first-order valence-corrected chi connectivity index (χ1v) is 15.5. The lowest BCUT2D eigenvalue weighted by Crippen LogP contribution is -2.49. The molecule has 0 aliphatic carbocycles. The number of piperidine rings is 2. The first kappa shape index (κ1) is 27.2. The predicted molar refractivity (Wildman–Crippen MR) is 171 cm³/mol. The van der Waals surface area contributed by atoms with Crippen LogP contribution in [0.1, 0.15) is 46.7 Å². The van der Waals surface area contributed by atoms with Gasteiger partial charge >= 0.3 is 0 Å². The minimum absolute atomic E-state index is 0.0502. The number of pyridine rings is 2. The molecule has 0 radical (unpaired) electrons. The van der Waals surface area contributed by atoms with Gasteiger partial charge in [-0.2, -0.15) is 0 Å². The molecule has 224 valence electrons. The monoisotopic (exact) mass is 596 g/mol. The van der Waals surface area contributed by atoms with Crippen LogP contribution in [0.5, 0.6) is 0 Å². The van der Waals surface area contributed by atoms with Crippen LogP contribution in [0.25, 0.3) is 45.1 Å². The fourth-order valence-corrected chi connectivity index (χ4v) is 6.71. The van der Waals surface area contributed by atoms with E-state index in [4.69, 9.17) is 0 Å². The van der Waals surface area contributed by atoms with Crippen molar-refractivity contribution in [2.75, 3.05) is 26.2 Å². The lowest BCUT2D eigenvalue weighted by molar-refractivity contribution is 0.0276. The number of nitrogens with one attached hydrogen (secondary N) is 2. The fraction of sp³-hybridized carbons (Fsp3) is 0.257. The summed E-state index contributed by atoms with van der Waals surface area (Å²) in [6.07, 6.45) is 3.68. The summed E-state index contributed by atoms with van der Waals surface area (Å²) in [5.41, 5.74) is 5.92. The molecule has 0 atom stereocenters. The molecule has 0 bridgehead atoms. The van der Waals surface area contributed by atoms with Crippen LogP contribution in [0.4, 0.5) is 0 Å². The van der Waals surface area contributed by atoms with Gasteiger partial charge in [-0.3, -0.25) is 9.59 Å². The van der Waals surface area contributed by atoms with E-state index in [9.17, 15) is 9.59 Å². The SMILES string of the molecule is O=C(c1cccc(-c2nc3ccccc3[nH]2)n1)N1CCC2(CC1)CCN(C(=O)c1cccc(-c3nc4ccccc4[nH]3)n1)CC2. The number of amides is 2. The van der Waals surface area contributed by atoms with Crippen LogP contribution >= 0.6 is 0 Å². The van der Waals surface area contributed by atoms with Crippen molar-refractivity contribution in [2.24, 2.45) is 5.41 Å². The number of aromatic nitrogens is 6. The number of carbonyl (C=O) groups excluding carboxylic acids is 2. The number of likely N-dealkylation sites (tertiary alicyclic amines) is 2. The molecular formula is C35H32N8O2. The van der Waals surface area contributed by atoms with E-state index in [0.717, 1.165) is 47.8 Å². The van der Waals surface area contributed by atoms with Crippen molar-refractivity contribution in [3.05, 3.63) is 96.3 Å². The highest BCUT2D eigenvalue weighted by atomic mass is 16.2. The summed E-state index contributed by atoms with van der Waals surface area (Å²) in [5, 5.41) is 0. The largest absolute Gasteiger partial charge is 0.337 e. The molecule has 2 amide bonds. The van der Waals surface area contributed by atoms with E-state index in [1.807, 2.05) is 82.6 Å². The topological polar surface area (TPSA) is 124 Å². The van der Waals surface area contributed by atoms with Crippen molar-refractivity contribution < 1.29 is 9.59 Å². The van der Waals surface area contributed by atoms with E-state index in [1.165, 1.54) is 0 Å². The number of benzene rings is 2. The highest BCUT2D eigenvalue weighted by Gasteiger charge is 2.40. The van der Waals surface area contributed by atoms with Crippen molar-refractivity contribution in [2.45, 2.75) is 25.7 Å². The number of carbonyl (C=O) groups is 2. The minimum Gasteiger partial charge on any atom is -0.337 e. The average Bonchev–Trinajstić information content (AvgIpc) is 3.74. The lowest BCUT2D eigenvalue weighted by Gasteiger charge is -2.46. The summed E-state index contributed by atoms with van der Waals surface area (Å²) in [5.74, 6) is 1.21. The van der Waals surface area contributed by atoms with Crippen LogP contribution in [0.2, 0.25) is 0 Å². The smallest absolute Gasteiger partial charge is 0.272 e. The molecule has 2 aromatic carbocycles. The second-order valence-electron chi connectivity index (χ2n) is 12.1. The zero-order valence-corrected chi connectivity index (χ0v) is 24.7. The average molecular weight is 597 g/mol. The van der Waals surface area contributed by atoms with E-state index in [-0.39, 0.29) is 17.2 Å². The number of fused-ring (bicyclic) bond motifs is 2. The fourth-order valence-electron chi connectivity index (χ4n) is 6.71. The molecule has 4 aromatic heterocycles. The quantitative estimate of drug-likeness (QED) is 0.268. The van der Waals surface area contributed by atoms with Gasteiger partial charge in [0.2, 0.25) is 0 Å². The van der Waals surface area contributed by atoms with Gasteiger partial charge in [0, 0.05) is 26.2 Å². The molecule has 6 aromatic rings. The van der Waals surface area contributed by atoms with Gasteiger partial charge in [0.15, 0.2) is 11.6 Å². The van der Waals surface area contributed by atoms with Gasteiger partial charge in [0.05, 0.1) is 22.1 Å². The van der Waals surface area contributed by atoms with Gasteiger partial charge in [-0.05, 0) is 79.6 Å². The summed E-state index contributed by atoms with van der Waals surface area (Å²) < 4.78 is 0. The van der Waals surface area contributed by atoms with Crippen molar-refractivity contribution in [1.82, 2.24) is 39.7 Å². The van der Waals surface area contributed by atoms with Crippen LogP contribution in [0.3, 0.4) is 0 Å².